The number of carbonyl (C=O) groups excluding carboxylic acids is 1. The van der Waals surface area contributed by atoms with Gasteiger partial charge in [0.1, 0.15) is 5.75 Å². The summed E-state index contributed by atoms with van der Waals surface area (Å²) in [7, 11) is 1.61. The summed E-state index contributed by atoms with van der Waals surface area (Å²) >= 11 is 3.44. The van der Waals surface area contributed by atoms with Crippen LogP contribution in [0, 0.1) is 5.92 Å². The number of benzene rings is 1. The molecule has 4 heteroatoms. The molecule has 0 bridgehead atoms. The number of likely N-dealkylation sites (tertiary alicyclic amines) is 1. The van der Waals surface area contributed by atoms with Crippen molar-refractivity contribution in [3.63, 3.8) is 0 Å². The van der Waals surface area contributed by atoms with E-state index in [0.717, 1.165) is 17.4 Å². The minimum Gasteiger partial charge on any atom is -0.497 e. The second kappa shape index (κ2) is 5.31. The van der Waals surface area contributed by atoms with Crippen LogP contribution in [0.3, 0.4) is 0 Å². The predicted octanol–water partition coefficient (Wildman–Crippen LogP) is 3.33. The van der Waals surface area contributed by atoms with Crippen LogP contribution in [0.5, 0.6) is 5.75 Å². The minimum absolute atomic E-state index is 0.0811. The number of nitrogens with zero attached hydrogens (tertiary/aromatic N) is 1. The van der Waals surface area contributed by atoms with Crippen molar-refractivity contribution in [3.8, 4) is 5.75 Å². The highest BCUT2D eigenvalue weighted by Crippen LogP contribution is 2.28. The number of ether oxygens (including phenoxy) is 1. The molecule has 1 amide bonds. The molecule has 3 nitrogen and oxygen atoms in total. The normalized spacial score (nSPS) is 23.2. The predicted molar refractivity (Wildman–Crippen MR) is 75.0 cm³/mol. The Morgan fingerprint density at radius 1 is 1.44 bits per heavy atom. The van der Waals surface area contributed by atoms with E-state index in [1.54, 1.807) is 13.2 Å². The monoisotopic (exact) mass is 311 g/mol. The lowest BCUT2D eigenvalue weighted by molar-refractivity contribution is 0.0742. The van der Waals surface area contributed by atoms with Gasteiger partial charge in [-0.15, -0.1) is 0 Å². The molecule has 1 aromatic carbocycles. The Hall–Kier alpha value is -1.03. The van der Waals surface area contributed by atoms with Crippen molar-refractivity contribution in [2.45, 2.75) is 26.3 Å². The molecule has 0 aliphatic carbocycles. The van der Waals surface area contributed by atoms with Crippen molar-refractivity contribution in [2.75, 3.05) is 13.7 Å². The Kier molecular flexibility index (Phi) is 3.95. The third-order valence-corrected chi connectivity index (χ3v) is 4.14. The first-order chi connectivity index (χ1) is 8.52. The lowest BCUT2D eigenvalue weighted by Gasteiger charge is -2.22. The summed E-state index contributed by atoms with van der Waals surface area (Å²) < 4.78 is 6.00. The first-order valence-corrected chi connectivity index (χ1v) is 6.96. The maximum atomic E-state index is 12.5. The smallest absolute Gasteiger partial charge is 0.255 e. The molecule has 1 aromatic rings. The zero-order chi connectivity index (χ0) is 13.3. The van der Waals surface area contributed by atoms with Crippen molar-refractivity contribution in [1.29, 1.82) is 0 Å². The van der Waals surface area contributed by atoms with E-state index in [4.69, 9.17) is 4.74 Å². The van der Waals surface area contributed by atoms with Crippen LogP contribution in [0.1, 0.15) is 30.6 Å². The van der Waals surface area contributed by atoms with Gasteiger partial charge in [-0.3, -0.25) is 4.79 Å². The van der Waals surface area contributed by atoms with Gasteiger partial charge in [0.15, 0.2) is 0 Å². The maximum absolute atomic E-state index is 12.5. The van der Waals surface area contributed by atoms with Gasteiger partial charge in [-0.2, -0.15) is 0 Å². The van der Waals surface area contributed by atoms with Crippen LogP contribution >= 0.6 is 15.9 Å². The van der Waals surface area contributed by atoms with Crippen molar-refractivity contribution in [1.82, 2.24) is 4.90 Å². The lowest BCUT2D eigenvalue weighted by atomic mass is 10.1. The summed E-state index contributed by atoms with van der Waals surface area (Å²) in [6, 6.07) is 5.81. The molecule has 1 aliphatic heterocycles. The van der Waals surface area contributed by atoms with Crippen LogP contribution in [-0.2, 0) is 0 Å². The average Bonchev–Trinajstić information content (AvgIpc) is 2.68. The molecule has 0 N–H and O–H groups in total. The van der Waals surface area contributed by atoms with E-state index in [-0.39, 0.29) is 5.91 Å². The van der Waals surface area contributed by atoms with Gasteiger partial charge < -0.3 is 9.64 Å². The molecule has 1 saturated heterocycles. The molecule has 2 atom stereocenters. The third kappa shape index (κ3) is 2.53. The molecule has 0 radical (unpaired) electrons. The van der Waals surface area contributed by atoms with Crippen LogP contribution in [0.2, 0.25) is 0 Å². The Morgan fingerprint density at radius 3 is 2.72 bits per heavy atom. The van der Waals surface area contributed by atoms with Gasteiger partial charge in [0.05, 0.1) is 12.7 Å². The number of halogens is 1. The number of hydrogen-bond acceptors (Lipinski definition) is 2. The van der Waals surface area contributed by atoms with Gasteiger partial charge in [0.25, 0.3) is 5.91 Å². The molecule has 1 fully saturated rings. The summed E-state index contributed by atoms with van der Waals surface area (Å²) in [5.41, 5.74) is 0.676. The van der Waals surface area contributed by atoms with Crippen LogP contribution in [0.4, 0.5) is 0 Å². The molecule has 2 unspecified atom stereocenters. The molecular weight excluding hydrogens is 294 g/mol. The quantitative estimate of drug-likeness (QED) is 0.838. The minimum atomic E-state index is 0.0811. The third-order valence-electron chi connectivity index (χ3n) is 3.45. The Morgan fingerprint density at radius 2 is 2.17 bits per heavy atom. The molecule has 98 valence electrons. The first-order valence-electron chi connectivity index (χ1n) is 6.17. The van der Waals surface area contributed by atoms with Crippen LogP contribution in [0.25, 0.3) is 0 Å². The zero-order valence-corrected chi connectivity index (χ0v) is 12.5. The Labute approximate surface area is 116 Å². The molecule has 2 rings (SSSR count). The van der Waals surface area contributed by atoms with Crippen LogP contribution < -0.4 is 4.74 Å². The van der Waals surface area contributed by atoms with E-state index in [1.807, 2.05) is 17.0 Å². The van der Waals surface area contributed by atoms with Gasteiger partial charge in [0, 0.05) is 17.1 Å². The fourth-order valence-corrected chi connectivity index (χ4v) is 2.95. The van der Waals surface area contributed by atoms with Gasteiger partial charge >= 0.3 is 0 Å². The summed E-state index contributed by atoms with van der Waals surface area (Å²) in [4.78, 5) is 14.5. The lowest BCUT2D eigenvalue weighted by Crippen LogP contribution is -2.34. The fourth-order valence-electron chi connectivity index (χ4n) is 2.53. The first kappa shape index (κ1) is 13.4. The van der Waals surface area contributed by atoms with Crippen LogP contribution in [-0.4, -0.2) is 30.5 Å². The topological polar surface area (TPSA) is 29.5 Å². The van der Waals surface area contributed by atoms with Crippen LogP contribution in [0.15, 0.2) is 22.7 Å². The number of amides is 1. The molecule has 1 aliphatic rings. The number of rotatable bonds is 2. The zero-order valence-electron chi connectivity index (χ0n) is 10.9. The number of carbonyl (C=O) groups is 1. The summed E-state index contributed by atoms with van der Waals surface area (Å²) in [5, 5.41) is 0. The van der Waals surface area contributed by atoms with E-state index in [2.05, 4.69) is 29.8 Å². The Bertz CT molecular complexity index is 461. The fraction of sp³-hybridized carbons (Fsp3) is 0.500. The average molecular weight is 312 g/mol. The number of methoxy groups -OCH3 is 1. The van der Waals surface area contributed by atoms with Crippen molar-refractivity contribution in [3.05, 3.63) is 28.2 Å². The van der Waals surface area contributed by atoms with E-state index in [9.17, 15) is 4.79 Å². The van der Waals surface area contributed by atoms with E-state index < -0.39 is 0 Å². The highest BCUT2D eigenvalue weighted by molar-refractivity contribution is 9.10. The second-order valence-electron chi connectivity index (χ2n) is 4.99. The second-order valence-corrected chi connectivity index (χ2v) is 5.85. The molecular formula is C14H18BrNO2. The van der Waals surface area contributed by atoms with Crippen molar-refractivity contribution >= 4 is 21.8 Å². The molecule has 0 saturated carbocycles. The molecule has 0 aromatic heterocycles. The van der Waals surface area contributed by atoms with Crippen molar-refractivity contribution < 1.29 is 9.53 Å². The van der Waals surface area contributed by atoms with Crippen molar-refractivity contribution in [2.24, 2.45) is 5.92 Å². The van der Waals surface area contributed by atoms with E-state index >= 15 is 0 Å². The summed E-state index contributed by atoms with van der Waals surface area (Å²) in [6.45, 7) is 5.13. The van der Waals surface area contributed by atoms with Gasteiger partial charge in [0.2, 0.25) is 0 Å². The SMILES string of the molecule is COc1ccc(Br)c(C(=O)N2CC(C)CC2C)c1. The highest BCUT2D eigenvalue weighted by Gasteiger charge is 2.31. The van der Waals surface area contributed by atoms with Gasteiger partial charge in [-0.25, -0.2) is 0 Å². The molecule has 18 heavy (non-hydrogen) atoms. The van der Waals surface area contributed by atoms with E-state index in [0.29, 0.717) is 23.3 Å². The number of hydrogen-bond donors (Lipinski definition) is 0. The van der Waals surface area contributed by atoms with Gasteiger partial charge in [-0.05, 0) is 53.4 Å². The highest BCUT2D eigenvalue weighted by atomic mass is 79.9. The Balaban J connectivity index is 2.28. The summed E-state index contributed by atoms with van der Waals surface area (Å²) in [6.07, 6.45) is 1.08. The largest absolute Gasteiger partial charge is 0.497 e. The standard InChI is InChI=1S/C14H18BrNO2/c1-9-6-10(2)16(8-9)14(17)12-7-11(18-3)4-5-13(12)15/h4-5,7,9-10H,6,8H2,1-3H3. The molecule has 1 heterocycles. The summed E-state index contributed by atoms with van der Waals surface area (Å²) in [5.74, 6) is 1.37. The van der Waals surface area contributed by atoms with E-state index in [1.165, 1.54) is 0 Å². The maximum Gasteiger partial charge on any atom is 0.255 e. The molecule has 0 spiro atoms. The van der Waals surface area contributed by atoms with Gasteiger partial charge in [-0.1, -0.05) is 6.92 Å².